The van der Waals surface area contributed by atoms with Crippen LogP contribution in [0.15, 0.2) is 30.6 Å². The first-order valence-electron chi connectivity index (χ1n) is 9.45. The molecule has 2 aromatic rings. The highest BCUT2D eigenvalue weighted by atomic mass is 35.5. The van der Waals surface area contributed by atoms with E-state index >= 15 is 0 Å². The van der Waals surface area contributed by atoms with Crippen LogP contribution in [0.25, 0.3) is 0 Å². The molecule has 0 saturated carbocycles. The van der Waals surface area contributed by atoms with Crippen LogP contribution in [0.4, 0.5) is 8.78 Å². The summed E-state index contributed by atoms with van der Waals surface area (Å²) < 4.78 is 27.2. The zero-order valence-corrected chi connectivity index (χ0v) is 17.5. The molecule has 9 heteroatoms. The number of likely N-dealkylation sites (tertiary alicyclic amines) is 1. The Morgan fingerprint density at radius 2 is 1.79 bits per heavy atom. The summed E-state index contributed by atoms with van der Waals surface area (Å²) >= 11 is 12.2. The molecule has 5 nitrogen and oxygen atoms in total. The molecule has 1 amide bonds. The van der Waals surface area contributed by atoms with Gasteiger partial charge in [0.2, 0.25) is 0 Å². The third-order valence-electron chi connectivity index (χ3n) is 5.04. The molecule has 3 rings (SSSR count). The largest absolute Gasteiger partial charge is 0.350 e. The van der Waals surface area contributed by atoms with Crippen LogP contribution >= 0.6 is 23.2 Å². The number of hydrogen-bond donors (Lipinski definition) is 1. The van der Waals surface area contributed by atoms with E-state index in [-0.39, 0.29) is 54.1 Å². The maximum Gasteiger partial charge on any atom is 0.254 e. The van der Waals surface area contributed by atoms with Crippen molar-refractivity contribution < 1.29 is 13.6 Å². The molecule has 0 spiro atoms. The smallest absolute Gasteiger partial charge is 0.254 e. The van der Waals surface area contributed by atoms with Crippen molar-refractivity contribution in [3.05, 3.63) is 57.6 Å². The van der Waals surface area contributed by atoms with Gasteiger partial charge in [-0.2, -0.15) is 0 Å². The minimum atomic E-state index is -2.65. The topological polar surface area (TPSA) is 58.1 Å². The molecule has 0 bridgehead atoms. The Hall–Kier alpha value is -1.83. The number of benzene rings is 1. The van der Waals surface area contributed by atoms with Crippen LogP contribution in [-0.2, 0) is 6.42 Å². The molecule has 1 saturated heterocycles. The highest BCUT2D eigenvalue weighted by Crippen LogP contribution is 2.32. The van der Waals surface area contributed by atoms with Crippen LogP contribution in [0.2, 0.25) is 10.0 Å². The Morgan fingerprint density at radius 3 is 2.34 bits per heavy atom. The fourth-order valence-corrected chi connectivity index (χ4v) is 3.90. The second-order valence-electron chi connectivity index (χ2n) is 7.00. The minimum Gasteiger partial charge on any atom is -0.350 e. The highest BCUT2D eigenvalue weighted by molar-refractivity contribution is 6.39. The lowest BCUT2D eigenvalue weighted by molar-refractivity contribution is -0.0632. The van der Waals surface area contributed by atoms with E-state index in [4.69, 9.17) is 23.2 Å². The van der Waals surface area contributed by atoms with Gasteiger partial charge in [0.25, 0.3) is 11.8 Å². The number of aryl methyl sites for hydroxylation is 1. The number of rotatable bonds is 6. The second-order valence-corrected chi connectivity index (χ2v) is 7.81. The lowest BCUT2D eigenvalue weighted by atomic mass is 10.0. The molecule has 0 aliphatic carbocycles. The normalized spacial score (nSPS) is 17.7. The van der Waals surface area contributed by atoms with Crippen LogP contribution in [0.1, 0.15) is 47.6 Å². The van der Waals surface area contributed by atoms with E-state index in [1.54, 1.807) is 30.6 Å². The van der Waals surface area contributed by atoms with Gasteiger partial charge in [-0.3, -0.25) is 9.69 Å². The molecule has 1 aliphatic heterocycles. The molecule has 0 radical (unpaired) electrons. The summed E-state index contributed by atoms with van der Waals surface area (Å²) in [6.07, 6.45) is 3.64. The van der Waals surface area contributed by atoms with E-state index in [9.17, 15) is 13.6 Å². The predicted octanol–water partition coefficient (Wildman–Crippen LogP) is 4.55. The van der Waals surface area contributed by atoms with Crippen molar-refractivity contribution in [1.82, 2.24) is 20.2 Å². The lowest BCUT2D eigenvalue weighted by Gasteiger charge is -2.37. The number of halogens is 4. The van der Waals surface area contributed by atoms with Gasteiger partial charge in [0.1, 0.15) is 5.82 Å². The number of piperidine rings is 1. The lowest BCUT2D eigenvalue weighted by Crippen LogP contribution is -2.45. The number of aromatic nitrogens is 2. The maximum absolute atomic E-state index is 13.6. The molecule has 1 N–H and O–H groups in total. The summed E-state index contributed by atoms with van der Waals surface area (Å²) in [5.74, 6) is -2.37. The van der Waals surface area contributed by atoms with E-state index in [1.807, 2.05) is 11.8 Å². The van der Waals surface area contributed by atoms with Crippen molar-refractivity contribution in [1.29, 1.82) is 0 Å². The van der Waals surface area contributed by atoms with E-state index in [2.05, 4.69) is 15.3 Å². The van der Waals surface area contributed by atoms with E-state index in [1.165, 1.54) is 0 Å². The number of carbonyl (C=O) groups excluding carboxylic acids is 1. The zero-order chi connectivity index (χ0) is 21.0. The Bertz CT molecular complexity index is 834. The number of carbonyl (C=O) groups is 1. The molecule has 2 heterocycles. The summed E-state index contributed by atoms with van der Waals surface area (Å²) in [4.78, 5) is 23.2. The van der Waals surface area contributed by atoms with Crippen LogP contribution in [0.5, 0.6) is 0 Å². The number of nitrogens with zero attached hydrogens (tertiary/aromatic N) is 3. The summed E-state index contributed by atoms with van der Waals surface area (Å²) in [6, 6.07) is 4.50. The van der Waals surface area contributed by atoms with Gasteiger partial charge in [-0.15, -0.1) is 0 Å². The van der Waals surface area contributed by atoms with Gasteiger partial charge in [0, 0.05) is 56.9 Å². The van der Waals surface area contributed by atoms with Crippen molar-refractivity contribution in [2.75, 3.05) is 19.6 Å². The molecule has 1 aromatic carbocycles. The highest BCUT2D eigenvalue weighted by Gasteiger charge is 2.37. The summed E-state index contributed by atoms with van der Waals surface area (Å²) in [7, 11) is 0. The number of hydrogen-bond acceptors (Lipinski definition) is 4. The number of alkyl halides is 2. The summed E-state index contributed by atoms with van der Waals surface area (Å²) in [5.41, 5.74) is 0.954. The third kappa shape index (κ3) is 5.41. The van der Waals surface area contributed by atoms with Crippen molar-refractivity contribution in [2.24, 2.45) is 0 Å². The Morgan fingerprint density at radius 1 is 1.21 bits per heavy atom. The first kappa shape index (κ1) is 21.9. The van der Waals surface area contributed by atoms with E-state index in [0.717, 1.165) is 5.56 Å². The molecule has 1 fully saturated rings. The first-order valence-corrected chi connectivity index (χ1v) is 10.2. The average molecular weight is 443 g/mol. The average Bonchev–Trinajstić information content (AvgIpc) is 2.69. The van der Waals surface area contributed by atoms with Gasteiger partial charge in [-0.05, 0) is 12.1 Å². The van der Waals surface area contributed by atoms with Gasteiger partial charge in [0.05, 0.1) is 21.7 Å². The molecular weight excluding hydrogens is 421 g/mol. The first-order chi connectivity index (χ1) is 13.8. The van der Waals surface area contributed by atoms with Crippen molar-refractivity contribution in [2.45, 2.75) is 38.2 Å². The SMILES string of the molecule is CCc1ncc(C(CNC(=O)c2c(Cl)cccc2Cl)N2CCC(F)(F)CC2)cn1. The molecule has 1 aliphatic rings. The molecule has 1 atom stereocenters. The fraction of sp³-hybridized carbons (Fsp3) is 0.450. The third-order valence-corrected chi connectivity index (χ3v) is 5.67. The molecule has 29 heavy (non-hydrogen) atoms. The molecular formula is C20H22Cl2F2N4O. The van der Waals surface area contributed by atoms with Crippen molar-refractivity contribution in [3.63, 3.8) is 0 Å². The summed E-state index contributed by atoms with van der Waals surface area (Å²) in [5, 5.41) is 3.33. The molecule has 156 valence electrons. The standard InChI is InChI=1S/C20H22Cl2F2N4O/c1-2-17-25-10-13(11-26-17)16(28-8-6-20(23,24)7-9-28)12-27-19(29)18-14(21)4-3-5-15(18)22/h3-5,10-11,16H,2,6-9,12H2,1H3,(H,27,29). The predicted molar refractivity (Wildman–Crippen MR) is 109 cm³/mol. The zero-order valence-electron chi connectivity index (χ0n) is 16.0. The fourth-order valence-electron chi connectivity index (χ4n) is 3.33. The van der Waals surface area contributed by atoms with E-state index < -0.39 is 11.8 Å². The van der Waals surface area contributed by atoms with Crippen LogP contribution in [0, 0.1) is 0 Å². The van der Waals surface area contributed by atoms with Crippen LogP contribution < -0.4 is 5.32 Å². The van der Waals surface area contributed by atoms with Gasteiger partial charge < -0.3 is 5.32 Å². The van der Waals surface area contributed by atoms with Gasteiger partial charge in [-0.1, -0.05) is 36.2 Å². The quantitative estimate of drug-likeness (QED) is 0.712. The Kier molecular flexibility index (Phi) is 7.03. The summed E-state index contributed by atoms with van der Waals surface area (Å²) in [6.45, 7) is 2.58. The van der Waals surface area contributed by atoms with Crippen LogP contribution in [0.3, 0.4) is 0 Å². The van der Waals surface area contributed by atoms with Crippen LogP contribution in [-0.4, -0.2) is 46.3 Å². The number of amides is 1. The number of nitrogens with one attached hydrogen (secondary N) is 1. The molecule has 1 aromatic heterocycles. The minimum absolute atomic E-state index is 0.192. The Labute approximate surface area is 178 Å². The molecule has 1 unspecified atom stereocenters. The second kappa shape index (κ2) is 9.32. The van der Waals surface area contributed by atoms with Gasteiger partial charge in [-0.25, -0.2) is 18.7 Å². The van der Waals surface area contributed by atoms with E-state index in [0.29, 0.717) is 12.2 Å². The van der Waals surface area contributed by atoms with Gasteiger partial charge >= 0.3 is 0 Å². The monoisotopic (exact) mass is 442 g/mol. The van der Waals surface area contributed by atoms with Crippen molar-refractivity contribution in [3.8, 4) is 0 Å². The van der Waals surface area contributed by atoms with Gasteiger partial charge in [0.15, 0.2) is 0 Å². The van der Waals surface area contributed by atoms with Crippen molar-refractivity contribution >= 4 is 29.1 Å². The maximum atomic E-state index is 13.6. The Balaban J connectivity index is 1.78.